The summed E-state index contributed by atoms with van der Waals surface area (Å²) in [5.41, 5.74) is 0. The van der Waals surface area contributed by atoms with Gasteiger partial charge in [0.2, 0.25) is 0 Å². The van der Waals surface area contributed by atoms with E-state index in [-0.39, 0.29) is 0 Å². The Kier molecular flexibility index (Phi) is 2.69. The van der Waals surface area contributed by atoms with Crippen molar-refractivity contribution in [2.24, 2.45) is 0 Å². The van der Waals surface area contributed by atoms with Crippen molar-refractivity contribution in [1.29, 1.82) is 0 Å². The average molecular weight is 371 g/mol. The number of thiol groups is 1. The Hall–Kier alpha value is 0.740. The number of thiophene rings is 1. The van der Waals surface area contributed by atoms with Gasteiger partial charge in [0, 0.05) is 14.1 Å². The maximum atomic E-state index is 4.34. The minimum Gasteiger partial charge on any atom is -0.142 e. The van der Waals surface area contributed by atoms with Gasteiger partial charge in [-0.3, -0.25) is 0 Å². The third-order valence-corrected chi connectivity index (χ3v) is 4.75. The number of halogens is 2. The van der Waals surface area contributed by atoms with Crippen LogP contribution < -0.4 is 0 Å². The van der Waals surface area contributed by atoms with E-state index >= 15 is 0 Å². The SMILES string of the molecule is Sc1cc2cc(I)sc2cc1Br. The second-order valence-corrected chi connectivity index (χ2v) is 6.71. The van der Waals surface area contributed by atoms with Crippen LogP contribution in [0.25, 0.3) is 10.1 Å². The molecule has 0 N–H and O–H groups in total. The highest BCUT2D eigenvalue weighted by atomic mass is 127. The molecule has 0 unspecified atom stereocenters. The average Bonchev–Trinajstić information content (AvgIpc) is 2.30. The van der Waals surface area contributed by atoms with E-state index in [1.165, 1.54) is 13.0 Å². The summed E-state index contributed by atoms with van der Waals surface area (Å²) in [6.45, 7) is 0. The highest BCUT2D eigenvalue weighted by Gasteiger charge is 2.02. The second-order valence-electron chi connectivity index (χ2n) is 2.39. The van der Waals surface area contributed by atoms with Crippen LogP contribution in [0.3, 0.4) is 0 Å². The lowest BCUT2D eigenvalue weighted by molar-refractivity contribution is 1.47. The van der Waals surface area contributed by atoms with Crippen LogP contribution >= 0.6 is 62.5 Å². The van der Waals surface area contributed by atoms with Gasteiger partial charge in [0.25, 0.3) is 0 Å². The molecule has 0 fully saturated rings. The summed E-state index contributed by atoms with van der Waals surface area (Å²) < 4.78 is 3.69. The number of benzene rings is 1. The van der Waals surface area contributed by atoms with Crippen LogP contribution in [0, 0.1) is 2.88 Å². The number of hydrogen-bond donors (Lipinski definition) is 1. The molecule has 0 aliphatic rings. The molecule has 0 spiro atoms. The van der Waals surface area contributed by atoms with Crippen LogP contribution in [0.4, 0.5) is 0 Å². The largest absolute Gasteiger partial charge is 0.142 e. The Labute approximate surface area is 102 Å². The molecule has 0 atom stereocenters. The van der Waals surface area contributed by atoms with Gasteiger partial charge in [0.1, 0.15) is 0 Å². The van der Waals surface area contributed by atoms with Gasteiger partial charge in [-0.15, -0.1) is 24.0 Å². The van der Waals surface area contributed by atoms with Crippen molar-refractivity contribution >= 4 is 72.6 Å². The molecule has 62 valence electrons. The van der Waals surface area contributed by atoms with Crippen molar-refractivity contribution in [3.8, 4) is 0 Å². The first-order valence-corrected chi connectivity index (χ1v) is 6.38. The molecule has 1 heterocycles. The molecule has 1 aromatic carbocycles. The van der Waals surface area contributed by atoms with E-state index in [1.807, 2.05) is 0 Å². The molecule has 0 saturated carbocycles. The molecular formula is C8H4BrIS2. The lowest BCUT2D eigenvalue weighted by Crippen LogP contribution is -1.68. The van der Waals surface area contributed by atoms with E-state index in [4.69, 9.17) is 0 Å². The summed E-state index contributed by atoms with van der Waals surface area (Å²) >= 11 is 11.9. The Balaban J connectivity index is 2.83. The van der Waals surface area contributed by atoms with Gasteiger partial charge in [-0.25, -0.2) is 0 Å². The molecule has 0 nitrogen and oxygen atoms in total. The highest BCUT2D eigenvalue weighted by molar-refractivity contribution is 14.1. The molecule has 12 heavy (non-hydrogen) atoms. The fourth-order valence-corrected chi connectivity index (χ4v) is 3.57. The van der Waals surface area contributed by atoms with E-state index in [0.717, 1.165) is 9.37 Å². The maximum absolute atomic E-state index is 4.34. The van der Waals surface area contributed by atoms with E-state index in [9.17, 15) is 0 Å². The summed E-state index contributed by atoms with van der Waals surface area (Å²) in [6.07, 6.45) is 0. The van der Waals surface area contributed by atoms with Crippen LogP contribution in [0.1, 0.15) is 0 Å². The number of hydrogen-bond acceptors (Lipinski definition) is 2. The normalized spacial score (nSPS) is 10.9. The lowest BCUT2D eigenvalue weighted by Gasteiger charge is -1.95. The molecule has 4 heteroatoms. The third kappa shape index (κ3) is 1.66. The van der Waals surface area contributed by atoms with Gasteiger partial charge in [-0.1, -0.05) is 0 Å². The Morgan fingerprint density at radius 2 is 2.08 bits per heavy atom. The second kappa shape index (κ2) is 3.48. The van der Waals surface area contributed by atoms with Gasteiger partial charge < -0.3 is 0 Å². The summed E-state index contributed by atoms with van der Waals surface area (Å²) in [4.78, 5) is 0.997. The first-order chi connectivity index (χ1) is 5.66. The maximum Gasteiger partial charge on any atom is 0.0666 e. The number of fused-ring (bicyclic) bond motifs is 1. The predicted octanol–water partition coefficient (Wildman–Crippen LogP) is 4.56. The van der Waals surface area contributed by atoms with E-state index in [1.54, 1.807) is 11.3 Å². The van der Waals surface area contributed by atoms with Crippen molar-refractivity contribution in [1.82, 2.24) is 0 Å². The van der Waals surface area contributed by atoms with Crippen molar-refractivity contribution in [2.75, 3.05) is 0 Å². The molecule has 1 aromatic heterocycles. The van der Waals surface area contributed by atoms with Gasteiger partial charge in [0.05, 0.1) is 2.88 Å². The highest BCUT2D eigenvalue weighted by Crippen LogP contribution is 2.32. The molecule has 0 bridgehead atoms. The minimum atomic E-state index is 0.997. The zero-order valence-corrected chi connectivity index (χ0v) is 11.3. The summed E-state index contributed by atoms with van der Waals surface area (Å²) in [5.74, 6) is 0. The zero-order chi connectivity index (χ0) is 8.72. The first kappa shape index (κ1) is 9.30. The molecule has 0 amide bonds. The van der Waals surface area contributed by atoms with Gasteiger partial charge >= 0.3 is 0 Å². The topological polar surface area (TPSA) is 0 Å². The van der Waals surface area contributed by atoms with Crippen LogP contribution in [-0.2, 0) is 0 Å². The standard InChI is InChI=1S/C8H4BrIS2/c9-5-3-7-4(1-6(5)11)2-8(10)12-7/h1-3,11H. The van der Waals surface area contributed by atoms with E-state index < -0.39 is 0 Å². The zero-order valence-electron chi connectivity index (χ0n) is 5.84. The van der Waals surface area contributed by atoms with Crippen LogP contribution in [0.15, 0.2) is 27.6 Å². The van der Waals surface area contributed by atoms with Crippen molar-refractivity contribution in [3.05, 3.63) is 25.6 Å². The molecule has 0 aliphatic carbocycles. The Morgan fingerprint density at radius 1 is 1.33 bits per heavy atom. The van der Waals surface area contributed by atoms with Crippen LogP contribution in [0.5, 0.6) is 0 Å². The fraction of sp³-hybridized carbons (Fsp3) is 0. The summed E-state index contributed by atoms with van der Waals surface area (Å²) in [6, 6.07) is 6.37. The van der Waals surface area contributed by atoms with Gasteiger partial charge in [-0.05, 0) is 62.1 Å². The molecule has 0 radical (unpaired) electrons. The van der Waals surface area contributed by atoms with E-state index in [0.29, 0.717) is 0 Å². The minimum absolute atomic E-state index is 0.997. The fourth-order valence-electron chi connectivity index (χ4n) is 1.02. The monoisotopic (exact) mass is 370 g/mol. The molecule has 0 aliphatic heterocycles. The first-order valence-electron chi connectivity index (χ1n) is 3.24. The van der Waals surface area contributed by atoms with Crippen LogP contribution in [0.2, 0.25) is 0 Å². The van der Waals surface area contributed by atoms with Crippen LogP contribution in [-0.4, -0.2) is 0 Å². The predicted molar refractivity (Wildman–Crippen MR) is 69.5 cm³/mol. The van der Waals surface area contributed by atoms with Gasteiger partial charge in [-0.2, -0.15) is 0 Å². The summed E-state index contributed by atoms with van der Waals surface area (Å²) in [7, 11) is 0. The van der Waals surface area contributed by atoms with Gasteiger partial charge in [0.15, 0.2) is 0 Å². The third-order valence-electron chi connectivity index (χ3n) is 1.56. The number of rotatable bonds is 0. The lowest BCUT2D eigenvalue weighted by atomic mass is 10.3. The van der Waals surface area contributed by atoms with Crippen molar-refractivity contribution < 1.29 is 0 Å². The molecule has 2 rings (SSSR count). The molecular weight excluding hydrogens is 367 g/mol. The molecule has 0 saturated heterocycles. The summed E-state index contributed by atoms with van der Waals surface area (Å²) in [5, 5.41) is 1.28. The Morgan fingerprint density at radius 3 is 2.83 bits per heavy atom. The quantitative estimate of drug-likeness (QED) is 0.510. The Bertz CT molecular complexity index is 397. The molecule has 2 aromatic rings. The smallest absolute Gasteiger partial charge is 0.0666 e. The van der Waals surface area contributed by atoms with Crippen molar-refractivity contribution in [3.63, 3.8) is 0 Å². The van der Waals surface area contributed by atoms with Crippen molar-refractivity contribution in [2.45, 2.75) is 4.90 Å². The van der Waals surface area contributed by atoms with E-state index in [2.05, 4.69) is 69.3 Å².